The Morgan fingerprint density at radius 1 is 1.44 bits per heavy atom. The van der Waals surface area contributed by atoms with Crippen LogP contribution in [0.1, 0.15) is 27.5 Å². The number of nitrogens with zero attached hydrogens (tertiary/aromatic N) is 4. The molecule has 3 heterocycles. The largest absolute Gasteiger partial charge is 0.467 e. The van der Waals surface area contributed by atoms with Crippen LogP contribution < -0.4 is 0 Å². The van der Waals surface area contributed by atoms with E-state index in [1.807, 2.05) is 36.6 Å². The summed E-state index contributed by atoms with van der Waals surface area (Å²) >= 11 is 1.39. The van der Waals surface area contributed by atoms with E-state index in [1.165, 1.54) is 11.8 Å². The third kappa shape index (κ3) is 3.76. The van der Waals surface area contributed by atoms with Crippen LogP contribution in [0.15, 0.2) is 53.0 Å². The van der Waals surface area contributed by atoms with Gasteiger partial charge in [-0.1, -0.05) is 17.8 Å². The molecule has 0 fully saturated rings. The van der Waals surface area contributed by atoms with Gasteiger partial charge in [0.15, 0.2) is 10.9 Å². The molecule has 0 unspecified atom stereocenters. The molecule has 0 radical (unpaired) electrons. The van der Waals surface area contributed by atoms with Gasteiger partial charge >= 0.3 is 0 Å². The summed E-state index contributed by atoms with van der Waals surface area (Å²) in [5.41, 5.74) is 2.73. The Balaban J connectivity index is 1.72. The molecular formula is C18H20N4O2S. The second-order valence-electron chi connectivity index (χ2n) is 5.72. The fraction of sp³-hybridized carbons (Fsp3) is 0.278. The van der Waals surface area contributed by atoms with E-state index in [-0.39, 0.29) is 5.78 Å². The predicted octanol–water partition coefficient (Wildman–Crippen LogP) is 3.50. The van der Waals surface area contributed by atoms with Crippen molar-refractivity contribution in [2.75, 3.05) is 5.75 Å². The Bertz CT molecular complexity index is 877. The molecule has 0 atom stereocenters. The first-order chi connectivity index (χ1) is 12.1. The van der Waals surface area contributed by atoms with Crippen LogP contribution >= 0.6 is 11.8 Å². The van der Waals surface area contributed by atoms with Crippen molar-refractivity contribution in [2.24, 2.45) is 0 Å². The highest BCUT2D eigenvalue weighted by molar-refractivity contribution is 7.99. The van der Waals surface area contributed by atoms with Crippen LogP contribution in [0.3, 0.4) is 0 Å². The highest BCUT2D eigenvalue weighted by Crippen LogP contribution is 2.22. The number of Topliss-reactive ketones (excluding diaryl/α,β-unsaturated/α-hetero) is 1. The highest BCUT2D eigenvalue weighted by Gasteiger charge is 2.17. The molecule has 0 aliphatic carbocycles. The first kappa shape index (κ1) is 17.3. The average Bonchev–Trinajstić information content (AvgIpc) is 3.31. The number of rotatable bonds is 8. The molecule has 0 aliphatic heterocycles. The Morgan fingerprint density at radius 2 is 2.28 bits per heavy atom. The number of hydrogen-bond acceptors (Lipinski definition) is 5. The summed E-state index contributed by atoms with van der Waals surface area (Å²) in [5, 5.41) is 8.66. The van der Waals surface area contributed by atoms with Crippen molar-refractivity contribution in [2.45, 2.75) is 32.1 Å². The van der Waals surface area contributed by atoms with Crippen LogP contribution in [0.5, 0.6) is 0 Å². The topological polar surface area (TPSA) is 65.8 Å². The Kier molecular flexibility index (Phi) is 5.23. The zero-order valence-corrected chi connectivity index (χ0v) is 15.1. The van der Waals surface area contributed by atoms with Gasteiger partial charge in [-0.3, -0.25) is 4.79 Å². The molecule has 3 rings (SSSR count). The molecule has 7 heteroatoms. The summed E-state index contributed by atoms with van der Waals surface area (Å²) in [5.74, 6) is 1.27. The van der Waals surface area contributed by atoms with Gasteiger partial charge in [-0.2, -0.15) is 0 Å². The second-order valence-corrected chi connectivity index (χ2v) is 6.66. The van der Waals surface area contributed by atoms with E-state index in [0.717, 1.165) is 27.9 Å². The highest BCUT2D eigenvalue weighted by atomic mass is 32.2. The minimum atomic E-state index is 0.0805. The summed E-state index contributed by atoms with van der Waals surface area (Å²) in [6.45, 7) is 8.93. The fourth-order valence-electron chi connectivity index (χ4n) is 2.71. The van der Waals surface area contributed by atoms with Gasteiger partial charge in [-0.05, 0) is 32.0 Å². The van der Waals surface area contributed by atoms with Crippen LogP contribution in [0.2, 0.25) is 0 Å². The molecule has 130 valence electrons. The maximum atomic E-state index is 12.7. The minimum absolute atomic E-state index is 0.0805. The van der Waals surface area contributed by atoms with Crippen LogP contribution in [0.4, 0.5) is 0 Å². The van der Waals surface area contributed by atoms with Crippen molar-refractivity contribution in [3.63, 3.8) is 0 Å². The van der Waals surface area contributed by atoms with Gasteiger partial charge in [0.05, 0.1) is 18.6 Å². The molecule has 0 N–H and O–H groups in total. The van der Waals surface area contributed by atoms with Crippen molar-refractivity contribution in [3.8, 4) is 0 Å². The van der Waals surface area contributed by atoms with E-state index < -0.39 is 0 Å². The molecular weight excluding hydrogens is 336 g/mol. The van der Waals surface area contributed by atoms with E-state index in [4.69, 9.17) is 4.42 Å². The number of aryl methyl sites for hydroxylation is 1. The van der Waals surface area contributed by atoms with E-state index in [2.05, 4.69) is 21.3 Å². The molecule has 3 aromatic heterocycles. The monoisotopic (exact) mass is 356 g/mol. The Hall–Kier alpha value is -2.54. The number of carbonyl (C=O) groups is 1. The number of aromatic nitrogens is 4. The van der Waals surface area contributed by atoms with Gasteiger partial charge in [0, 0.05) is 23.5 Å². The minimum Gasteiger partial charge on any atom is -0.467 e. The summed E-state index contributed by atoms with van der Waals surface area (Å²) in [4.78, 5) is 12.7. The molecule has 6 nitrogen and oxygen atoms in total. The van der Waals surface area contributed by atoms with Crippen molar-refractivity contribution in [1.29, 1.82) is 0 Å². The molecule has 0 aromatic carbocycles. The predicted molar refractivity (Wildman–Crippen MR) is 97.0 cm³/mol. The lowest BCUT2D eigenvalue weighted by atomic mass is 10.2. The van der Waals surface area contributed by atoms with Crippen LogP contribution in [0.25, 0.3) is 0 Å². The summed E-state index contributed by atoms with van der Waals surface area (Å²) in [6.07, 6.45) is 5.08. The van der Waals surface area contributed by atoms with E-state index in [1.54, 1.807) is 18.7 Å². The van der Waals surface area contributed by atoms with E-state index in [0.29, 0.717) is 18.8 Å². The van der Waals surface area contributed by atoms with Crippen molar-refractivity contribution < 1.29 is 9.21 Å². The average molecular weight is 356 g/mol. The molecule has 0 spiro atoms. The number of allylic oxidation sites excluding steroid dienone is 1. The molecule has 0 saturated carbocycles. The van der Waals surface area contributed by atoms with Crippen LogP contribution in [-0.2, 0) is 13.1 Å². The van der Waals surface area contributed by atoms with E-state index >= 15 is 0 Å². The number of furan rings is 1. The van der Waals surface area contributed by atoms with Gasteiger partial charge in [0.1, 0.15) is 12.1 Å². The van der Waals surface area contributed by atoms with Crippen LogP contribution in [-0.4, -0.2) is 30.9 Å². The molecule has 3 aromatic rings. The first-order valence-corrected chi connectivity index (χ1v) is 8.92. The Morgan fingerprint density at radius 3 is 3.00 bits per heavy atom. The molecule has 0 amide bonds. The maximum absolute atomic E-state index is 12.7. The molecule has 25 heavy (non-hydrogen) atoms. The number of carbonyl (C=O) groups excluding carboxylic acids is 1. The van der Waals surface area contributed by atoms with Crippen molar-refractivity contribution >= 4 is 17.5 Å². The van der Waals surface area contributed by atoms with Gasteiger partial charge in [0.2, 0.25) is 0 Å². The lowest BCUT2D eigenvalue weighted by molar-refractivity contribution is 0.102. The SMILES string of the molecule is C=CCn1cnnc1SCC(=O)c1cc(C)n(Cc2ccco2)c1C. The third-order valence-corrected chi connectivity index (χ3v) is 4.99. The van der Waals surface area contributed by atoms with Crippen molar-refractivity contribution in [1.82, 2.24) is 19.3 Å². The smallest absolute Gasteiger partial charge is 0.191 e. The van der Waals surface area contributed by atoms with Crippen molar-refractivity contribution in [3.05, 3.63) is 66.2 Å². The Labute approximate surface area is 150 Å². The normalized spacial score (nSPS) is 11.0. The molecule has 0 aliphatic rings. The number of thioether (sulfide) groups is 1. The molecule has 0 bridgehead atoms. The second kappa shape index (κ2) is 7.57. The lowest BCUT2D eigenvalue weighted by Gasteiger charge is -2.08. The summed E-state index contributed by atoms with van der Waals surface area (Å²) in [7, 11) is 0. The van der Waals surface area contributed by atoms with Crippen LogP contribution in [0, 0.1) is 13.8 Å². The zero-order valence-electron chi connectivity index (χ0n) is 14.3. The fourth-order valence-corrected chi connectivity index (χ4v) is 3.52. The quantitative estimate of drug-likeness (QED) is 0.351. The van der Waals surface area contributed by atoms with Gasteiger partial charge in [-0.25, -0.2) is 0 Å². The van der Waals surface area contributed by atoms with Gasteiger partial charge < -0.3 is 13.6 Å². The molecule has 0 saturated heterocycles. The van der Waals surface area contributed by atoms with Gasteiger partial charge in [-0.15, -0.1) is 16.8 Å². The summed E-state index contributed by atoms with van der Waals surface area (Å²) in [6, 6.07) is 5.74. The van der Waals surface area contributed by atoms with Gasteiger partial charge in [0.25, 0.3) is 0 Å². The maximum Gasteiger partial charge on any atom is 0.191 e. The lowest BCUT2D eigenvalue weighted by Crippen LogP contribution is -2.08. The zero-order chi connectivity index (χ0) is 17.8. The third-order valence-electron chi connectivity index (χ3n) is 4.01. The summed E-state index contributed by atoms with van der Waals surface area (Å²) < 4.78 is 9.37. The standard InChI is InChI=1S/C18H20N4O2S/c1-4-7-21-12-19-20-18(21)25-11-17(23)16-9-13(2)22(14(16)3)10-15-6-5-8-24-15/h4-6,8-9,12H,1,7,10-11H2,2-3H3. The first-order valence-electron chi connectivity index (χ1n) is 7.94. The number of ketones is 1. The van der Waals surface area contributed by atoms with E-state index in [9.17, 15) is 4.79 Å². The number of hydrogen-bond donors (Lipinski definition) is 0.